The van der Waals surface area contributed by atoms with E-state index in [0.29, 0.717) is 13.1 Å². The van der Waals surface area contributed by atoms with Crippen LogP contribution in [0, 0.1) is 11.8 Å². The predicted molar refractivity (Wildman–Crippen MR) is 50.1 cm³/mol. The van der Waals surface area contributed by atoms with E-state index in [1.165, 1.54) is 11.3 Å². The summed E-state index contributed by atoms with van der Waals surface area (Å²) < 4.78 is 0. The largest absolute Gasteiger partial charge is 0.315 e. The van der Waals surface area contributed by atoms with Crippen LogP contribution in [-0.4, -0.2) is 11.5 Å². The lowest BCUT2D eigenvalue weighted by Crippen LogP contribution is -2.14. The highest BCUT2D eigenvalue weighted by atomic mass is 32.1. The summed E-state index contributed by atoms with van der Waals surface area (Å²) >= 11 is 1.18. The van der Waals surface area contributed by atoms with E-state index < -0.39 is 0 Å². The zero-order valence-electron chi connectivity index (χ0n) is 6.81. The van der Waals surface area contributed by atoms with Crippen molar-refractivity contribution in [3.63, 3.8) is 0 Å². The van der Waals surface area contributed by atoms with Crippen molar-refractivity contribution in [2.24, 2.45) is 0 Å². The van der Waals surface area contributed by atoms with Gasteiger partial charge in [-0.1, -0.05) is 17.3 Å². The Morgan fingerprint density at radius 2 is 2.58 bits per heavy atom. The lowest BCUT2D eigenvalue weighted by molar-refractivity contribution is 0.752. The van der Waals surface area contributed by atoms with Gasteiger partial charge in [-0.25, -0.2) is 0 Å². The first-order chi connectivity index (χ1) is 5.83. The van der Waals surface area contributed by atoms with Crippen molar-refractivity contribution in [3.8, 4) is 11.8 Å². The van der Waals surface area contributed by atoms with Crippen LogP contribution in [0.3, 0.4) is 0 Å². The van der Waals surface area contributed by atoms with Gasteiger partial charge in [-0.05, 0) is 6.92 Å². The number of thiazole rings is 1. The van der Waals surface area contributed by atoms with Crippen LogP contribution in [0.5, 0.6) is 0 Å². The summed E-state index contributed by atoms with van der Waals surface area (Å²) in [5.74, 6) is 5.65. The van der Waals surface area contributed by atoms with Crippen molar-refractivity contribution in [2.45, 2.75) is 13.5 Å². The normalized spacial score (nSPS) is 9.08. The second-order valence-electron chi connectivity index (χ2n) is 2.20. The fraction of sp³-hybridized carbons (Fsp3) is 0.375. The average Bonchev–Trinajstić information content (AvgIpc) is 2.45. The van der Waals surface area contributed by atoms with E-state index in [1.807, 2.05) is 5.38 Å². The summed E-state index contributed by atoms with van der Waals surface area (Å²) in [6, 6.07) is 0. The van der Waals surface area contributed by atoms with Crippen LogP contribution in [-0.2, 0) is 6.54 Å². The molecule has 0 saturated carbocycles. The number of nitrogens with one attached hydrogen (secondary N) is 2. The van der Waals surface area contributed by atoms with Crippen LogP contribution in [0.15, 0.2) is 10.2 Å². The summed E-state index contributed by atoms with van der Waals surface area (Å²) in [6.45, 7) is 3.13. The first-order valence-corrected chi connectivity index (χ1v) is 4.48. The van der Waals surface area contributed by atoms with Gasteiger partial charge >= 0.3 is 4.87 Å². The van der Waals surface area contributed by atoms with Crippen molar-refractivity contribution in [3.05, 3.63) is 20.7 Å². The maximum absolute atomic E-state index is 10.7. The van der Waals surface area contributed by atoms with Gasteiger partial charge in [0.2, 0.25) is 0 Å². The molecule has 0 fully saturated rings. The van der Waals surface area contributed by atoms with Gasteiger partial charge in [-0.15, -0.1) is 5.92 Å². The van der Waals surface area contributed by atoms with E-state index in [9.17, 15) is 4.79 Å². The van der Waals surface area contributed by atoms with Gasteiger partial charge < -0.3 is 10.3 Å². The molecule has 0 amide bonds. The van der Waals surface area contributed by atoms with E-state index in [-0.39, 0.29) is 4.87 Å². The van der Waals surface area contributed by atoms with Crippen LogP contribution >= 0.6 is 11.3 Å². The third-order valence-electron chi connectivity index (χ3n) is 1.28. The highest BCUT2D eigenvalue weighted by Gasteiger charge is 1.93. The van der Waals surface area contributed by atoms with E-state index in [1.54, 1.807) is 6.92 Å². The molecule has 0 aromatic carbocycles. The second kappa shape index (κ2) is 4.75. The van der Waals surface area contributed by atoms with Gasteiger partial charge in [0.15, 0.2) is 0 Å². The first-order valence-electron chi connectivity index (χ1n) is 3.60. The quantitative estimate of drug-likeness (QED) is 0.529. The monoisotopic (exact) mass is 182 g/mol. The Balaban J connectivity index is 2.32. The number of aromatic amines is 1. The number of rotatable bonds is 3. The molecule has 4 heteroatoms. The highest BCUT2D eigenvalue weighted by Crippen LogP contribution is 1.93. The van der Waals surface area contributed by atoms with E-state index in [0.717, 1.165) is 5.69 Å². The fourth-order valence-electron chi connectivity index (χ4n) is 0.749. The summed E-state index contributed by atoms with van der Waals surface area (Å²) in [5.41, 5.74) is 0.919. The fourth-order valence-corrected chi connectivity index (χ4v) is 1.33. The van der Waals surface area contributed by atoms with Crippen molar-refractivity contribution >= 4 is 11.3 Å². The number of hydrogen-bond donors (Lipinski definition) is 2. The van der Waals surface area contributed by atoms with Crippen LogP contribution in [0.1, 0.15) is 12.6 Å². The van der Waals surface area contributed by atoms with Crippen molar-refractivity contribution in [1.29, 1.82) is 0 Å². The molecule has 1 heterocycles. The van der Waals surface area contributed by atoms with Gasteiger partial charge in [0.05, 0.1) is 6.54 Å². The minimum atomic E-state index is -0.00613. The van der Waals surface area contributed by atoms with Crippen molar-refractivity contribution < 1.29 is 0 Å². The Kier molecular flexibility index (Phi) is 3.58. The van der Waals surface area contributed by atoms with Gasteiger partial charge in [0.1, 0.15) is 0 Å². The summed E-state index contributed by atoms with van der Waals surface area (Å²) in [4.78, 5) is 13.4. The van der Waals surface area contributed by atoms with Gasteiger partial charge in [0.25, 0.3) is 0 Å². The molecular weight excluding hydrogens is 172 g/mol. The number of hydrogen-bond acceptors (Lipinski definition) is 3. The molecule has 2 N–H and O–H groups in total. The van der Waals surface area contributed by atoms with Crippen molar-refractivity contribution in [2.75, 3.05) is 6.54 Å². The molecule has 0 saturated heterocycles. The van der Waals surface area contributed by atoms with Gasteiger partial charge in [0, 0.05) is 17.6 Å². The number of aromatic nitrogens is 1. The minimum Gasteiger partial charge on any atom is -0.315 e. The SMILES string of the molecule is CC#CCNCc1csc(=O)[nH]1. The Hall–Kier alpha value is -1.05. The molecule has 1 rings (SSSR count). The summed E-state index contributed by atoms with van der Waals surface area (Å²) in [7, 11) is 0. The van der Waals surface area contributed by atoms with E-state index >= 15 is 0 Å². The molecule has 0 spiro atoms. The lowest BCUT2D eigenvalue weighted by atomic mass is 10.5. The topological polar surface area (TPSA) is 44.9 Å². The standard InChI is InChI=1S/C8H10N2OS/c1-2-3-4-9-5-7-6-12-8(11)10-7/h6,9H,4-5H2,1H3,(H,10,11). The number of H-pyrrole nitrogens is 1. The van der Waals surface area contributed by atoms with E-state index in [4.69, 9.17) is 0 Å². The Labute approximate surface area is 74.8 Å². The highest BCUT2D eigenvalue weighted by molar-refractivity contribution is 7.07. The zero-order valence-corrected chi connectivity index (χ0v) is 7.62. The Morgan fingerprint density at radius 1 is 1.75 bits per heavy atom. The second-order valence-corrected chi connectivity index (χ2v) is 3.05. The third-order valence-corrected chi connectivity index (χ3v) is 1.99. The average molecular weight is 182 g/mol. The molecular formula is C8H10N2OS. The molecule has 0 aliphatic carbocycles. The summed E-state index contributed by atoms with van der Waals surface area (Å²) in [6.07, 6.45) is 0. The Morgan fingerprint density at radius 3 is 3.17 bits per heavy atom. The van der Waals surface area contributed by atoms with Crippen LogP contribution < -0.4 is 10.2 Å². The molecule has 1 aromatic heterocycles. The maximum atomic E-state index is 10.7. The molecule has 3 nitrogen and oxygen atoms in total. The molecule has 0 aliphatic rings. The maximum Gasteiger partial charge on any atom is 0.304 e. The predicted octanol–water partition coefficient (Wildman–Crippen LogP) is 0.549. The molecule has 0 bridgehead atoms. The van der Waals surface area contributed by atoms with Crippen molar-refractivity contribution in [1.82, 2.24) is 10.3 Å². The molecule has 12 heavy (non-hydrogen) atoms. The minimum absolute atomic E-state index is 0.00613. The van der Waals surface area contributed by atoms with Gasteiger partial charge in [-0.3, -0.25) is 4.79 Å². The van der Waals surface area contributed by atoms with E-state index in [2.05, 4.69) is 22.1 Å². The molecule has 64 valence electrons. The van der Waals surface area contributed by atoms with Crippen LogP contribution in [0.2, 0.25) is 0 Å². The van der Waals surface area contributed by atoms with Gasteiger partial charge in [-0.2, -0.15) is 0 Å². The summed E-state index contributed by atoms with van der Waals surface area (Å²) in [5, 5.41) is 4.89. The molecule has 0 aliphatic heterocycles. The third kappa shape index (κ3) is 2.91. The molecule has 0 radical (unpaired) electrons. The van der Waals surface area contributed by atoms with Crippen LogP contribution in [0.25, 0.3) is 0 Å². The first kappa shape index (κ1) is 9.04. The Bertz CT molecular complexity index is 342. The smallest absolute Gasteiger partial charge is 0.304 e. The lowest BCUT2D eigenvalue weighted by Gasteiger charge is -1.94. The zero-order chi connectivity index (χ0) is 8.81. The molecule has 0 atom stereocenters. The molecule has 1 aromatic rings. The molecule has 0 unspecified atom stereocenters. The van der Waals surface area contributed by atoms with Crippen LogP contribution in [0.4, 0.5) is 0 Å².